The summed E-state index contributed by atoms with van der Waals surface area (Å²) in [6.07, 6.45) is 0. The van der Waals surface area contributed by atoms with E-state index in [2.05, 4.69) is 91.0 Å². The van der Waals surface area contributed by atoms with Crippen molar-refractivity contribution in [3.63, 3.8) is 0 Å². The van der Waals surface area contributed by atoms with Crippen LogP contribution >= 0.6 is 7.14 Å². The van der Waals surface area contributed by atoms with E-state index in [1.54, 1.807) is 0 Å². The summed E-state index contributed by atoms with van der Waals surface area (Å²) in [5.41, 5.74) is 0. The molecule has 0 saturated carbocycles. The Morgan fingerprint density at radius 1 is 0.340 bits per heavy atom. The molecule has 3 aliphatic rings. The van der Waals surface area contributed by atoms with Crippen LogP contribution in [0, 0.1) is 0 Å². The van der Waals surface area contributed by atoms with E-state index in [0.29, 0.717) is 50.4 Å². The first-order valence-corrected chi connectivity index (χ1v) is 17.5. The molecule has 0 aromatic heterocycles. The van der Waals surface area contributed by atoms with Crippen molar-refractivity contribution in [3.8, 4) is 34.5 Å². The quantitative estimate of drug-likeness (QED) is 0.125. The highest BCUT2D eigenvalue weighted by Crippen LogP contribution is 2.67. The summed E-state index contributed by atoms with van der Waals surface area (Å²) < 4.78 is 37.3. The Bertz CT molecular complexity index is 2710. The van der Waals surface area contributed by atoms with Gasteiger partial charge in [0.1, 0.15) is 50.4 Å². The van der Waals surface area contributed by atoms with Gasteiger partial charge in [0.2, 0.25) is 0 Å². The number of hydrogen-bond acceptors (Lipinski definition) is 4. The minimum Gasteiger partial charge on any atom is -0.455 e. The molecule has 0 saturated heterocycles. The minimum atomic E-state index is -3.55. The van der Waals surface area contributed by atoms with Gasteiger partial charge < -0.3 is 18.8 Å². The van der Waals surface area contributed by atoms with Gasteiger partial charge in [0.25, 0.3) is 0 Å². The van der Waals surface area contributed by atoms with E-state index in [0.717, 1.165) is 64.6 Å². The van der Waals surface area contributed by atoms with Crippen LogP contribution in [-0.2, 0) is 4.57 Å². The van der Waals surface area contributed by atoms with Crippen molar-refractivity contribution in [1.82, 2.24) is 0 Å². The highest BCUT2D eigenvalue weighted by Gasteiger charge is 2.54. The molecule has 0 spiro atoms. The Morgan fingerprint density at radius 2 is 0.660 bits per heavy atom. The number of ether oxygens (including phenoxy) is 3. The van der Waals surface area contributed by atoms with Crippen LogP contribution in [-0.4, -0.2) is 0 Å². The third-order valence-corrected chi connectivity index (χ3v) is 13.6. The highest BCUT2D eigenvalue weighted by molar-refractivity contribution is 7.86. The third-order valence-electron chi connectivity index (χ3n) is 10.4. The van der Waals surface area contributed by atoms with E-state index in [4.69, 9.17) is 14.2 Å². The molecule has 12 rings (SSSR count). The van der Waals surface area contributed by atoms with Gasteiger partial charge in [0.05, 0.1) is 0 Å². The minimum absolute atomic E-state index is 0.573. The van der Waals surface area contributed by atoms with Crippen molar-refractivity contribution in [3.05, 3.63) is 127 Å². The average molecular weight is 621 g/mol. The Kier molecular flexibility index (Phi) is 4.21. The maximum atomic E-state index is 16.5. The molecule has 0 aliphatic carbocycles. The molecule has 4 nitrogen and oxygen atoms in total. The molecule has 9 aromatic rings. The van der Waals surface area contributed by atoms with Gasteiger partial charge in [-0.3, -0.25) is 0 Å². The maximum Gasteiger partial charge on any atom is 0.193 e. The summed E-state index contributed by atoms with van der Waals surface area (Å²) >= 11 is 0. The van der Waals surface area contributed by atoms with Crippen molar-refractivity contribution in [2.75, 3.05) is 0 Å². The van der Waals surface area contributed by atoms with Gasteiger partial charge in [-0.2, -0.15) is 0 Å². The van der Waals surface area contributed by atoms with Crippen molar-refractivity contribution < 1.29 is 18.8 Å². The zero-order valence-electron chi connectivity index (χ0n) is 24.7. The third kappa shape index (κ3) is 2.82. The summed E-state index contributed by atoms with van der Waals surface area (Å²) in [4.78, 5) is 0. The Morgan fingerprint density at radius 3 is 1.00 bits per heavy atom. The summed E-state index contributed by atoms with van der Waals surface area (Å²) in [7, 11) is -3.55. The Labute approximate surface area is 267 Å². The van der Waals surface area contributed by atoms with E-state index >= 15 is 4.57 Å². The van der Waals surface area contributed by atoms with E-state index in [1.807, 2.05) is 36.4 Å². The first-order valence-electron chi connectivity index (χ1n) is 15.8. The molecule has 0 unspecified atom stereocenters. The molecule has 0 amide bonds. The molecule has 9 aromatic carbocycles. The van der Waals surface area contributed by atoms with E-state index in [-0.39, 0.29) is 0 Å². The van der Waals surface area contributed by atoms with Crippen LogP contribution in [0.25, 0.3) is 64.6 Å². The standard InChI is InChI=1S/C42H21O4P/c43-47-40-34-19-31-25-10-4-1-7-22(25)13-16-28(31)37(40)45-35-20-32-26-11-5-2-9-24(26)15-18-30(32)39(41(35)47)46-36-21-33-27-12-6-3-8-23(27)14-17-29(33)38(44-34)42(36)47/h1-21H. The highest BCUT2D eigenvalue weighted by atomic mass is 31.2. The molecule has 3 heterocycles. The second kappa shape index (κ2) is 8.11. The van der Waals surface area contributed by atoms with Crippen LogP contribution in [0.3, 0.4) is 0 Å². The molecule has 218 valence electrons. The van der Waals surface area contributed by atoms with Crippen LogP contribution in [0.2, 0.25) is 0 Å². The summed E-state index contributed by atoms with van der Waals surface area (Å²) in [5, 5.41) is 14.2. The first kappa shape index (κ1) is 24.4. The van der Waals surface area contributed by atoms with Crippen molar-refractivity contribution in [2.24, 2.45) is 0 Å². The van der Waals surface area contributed by atoms with Crippen molar-refractivity contribution >= 4 is 87.7 Å². The maximum absolute atomic E-state index is 16.5. The smallest absolute Gasteiger partial charge is 0.193 e. The van der Waals surface area contributed by atoms with Crippen LogP contribution in [0.4, 0.5) is 0 Å². The lowest BCUT2D eigenvalue weighted by Gasteiger charge is -2.40. The van der Waals surface area contributed by atoms with Crippen molar-refractivity contribution in [1.29, 1.82) is 0 Å². The summed E-state index contributed by atoms with van der Waals surface area (Å²) in [5.74, 6) is 3.51. The SMILES string of the molecule is O=P12c3c4cc5c(ccc6ccccc65)c3Oc3cc5c(ccc6ccccc65)c(c31)Oc1cc3c(ccc5ccccc53)c(c12)O4. The van der Waals surface area contributed by atoms with Crippen LogP contribution in [0.15, 0.2) is 127 Å². The summed E-state index contributed by atoms with van der Waals surface area (Å²) in [6.45, 7) is 0. The van der Waals surface area contributed by atoms with Gasteiger partial charge in [-0.25, -0.2) is 0 Å². The lowest BCUT2D eigenvalue weighted by atomic mass is 9.99. The van der Waals surface area contributed by atoms with E-state index < -0.39 is 7.14 Å². The average Bonchev–Trinajstić information content (AvgIpc) is 3.11. The Hall–Kier alpha value is -5.83. The largest absolute Gasteiger partial charge is 0.455 e. The van der Waals surface area contributed by atoms with Crippen molar-refractivity contribution in [2.45, 2.75) is 0 Å². The molecule has 0 fully saturated rings. The number of fused-ring (bicyclic) bond motifs is 12. The van der Waals surface area contributed by atoms with Crippen LogP contribution in [0.5, 0.6) is 34.5 Å². The Balaban J connectivity index is 1.31. The zero-order chi connectivity index (χ0) is 30.6. The predicted octanol–water partition coefficient (Wildman–Crippen LogP) is 10.6. The topological polar surface area (TPSA) is 44.8 Å². The first-order chi connectivity index (χ1) is 23.2. The molecular weight excluding hydrogens is 599 g/mol. The normalized spacial score (nSPS) is 14.7. The van der Waals surface area contributed by atoms with Crippen LogP contribution < -0.4 is 30.1 Å². The van der Waals surface area contributed by atoms with Crippen LogP contribution in [0.1, 0.15) is 0 Å². The van der Waals surface area contributed by atoms with Gasteiger partial charge in [-0.05, 0) is 84.9 Å². The fraction of sp³-hybridized carbons (Fsp3) is 0. The number of rotatable bonds is 0. The van der Waals surface area contributed by atoms with E-state index in [1.165, 1.54) is 0 Å². The molecule has 47 heavy (non-hydrogen) atoms. The molecule has 0 atom stereocenters. The number of hydrogen-bond donors (Lipinski definition) is 0. The molecule has 3 aliphatic heterocycles. The number of benzene rings is 9. The lowest BCUT2D eigenvalue weighted by molar-refractivity contribution is 0.447. The fourth-order valence-electron chi connectivity index (χ4n) is 8.37. The van der Waals surface area contributed by atoms with E-state index in [9.17, 15) is 0 Å². The predicted molar refractivity (Wildman–Crippen MR) is 191 cm³/mol. The second-order valence-electron chi connectivity index (χ2n) is 12.7. The van der Waals surface area contributed by atoms with Gasteiger partial charge in [0.15, 0.2) is 7.14 Å². The van der Waals surface area contributed by atoms with Gasteiger partial charge >= 0.3 is 0 Å². The lowest BCUT2D eigenvalue weighted by Crippen LogP contribution is -2.39. The van der Waals surface area contributed by atoms with Gasteiger partial charge in [-0.1, -0.05) is 91.0 Å². The summed E-state index contributed by atoms with van der Waals surface area (Å²) in [6, 6.07) is 43.8. The molecule has 0 bridgehead atoms. The zero-order valence-corrected chi connectivity index (χ0v) is 25.6. The second-order valence-corrected chi connectivity index (χ2v) is 15.3. The fourth-order valence-corrected chi connectivity index (χ4v) is 11.7. The molecule has 0 radical (unpaired) electrons. The molecule has 5 heteroatoms. The van der Waals surface area contributed by atoms with Gasteiger partial charge in [-0.15, -0.1) is 0 Å². The molecule has 0 N–H and O–H groups in total. The molecular formula is C42H21O4P. The van der Waals surface area contributed by atoms with Gasteiger partial charge in [0, 0.05) is 16.2 Å². The monoisotopic (exact) mass is 620 g/mol.